The monoisotopic (exact) mass is 287 g/mol. The molecule has 1 aliphatic carbocycles. The molecule has 6 nitrogen and oxygen atoms in total. The van der Waals surface area contributed by atoms with E-state index in [9.17, 15) is 15.0 Å². The third-order valence-electron chi connectivity index (χ3n) is 3.99. The van der Waals surface area contributed by atoms with Crippen molar-refractivity contribution in [3.05, 3.63) is 35.7 Å². The van der Waals surface area contributed by atoms with Gasteiger partial charge in [0.1, 0.15) is 5.75 Å². The van der Waals surface area contributed by atoms with Crippen LogP contribution in [-0.4, -0.2) is 31.2 Å². The molecular weight excluding hydrogens is 270 g/mol. The molecule has 1 aromatic heterocycles. The number of carboxylic acid groups (broad SMARTS) is 1. The Labute approximate surface area is 122 Å². The molecule has 0 spiro atoms. The van der Waals surface area contributed by atoms with Crippen LogP contribution in [0.25, 0.3) is 5.69 Å². The van der Waals surface area contributed by atoms with Crippen LogP contribution in [0.15, 0.2) is 24.3 Å². The molecule has 3 rings (SSSR count). The average molecular weight is 287 g/mol. The van der Waals surface area contributed by atoms with Crippen LogP contribution < -0.4 is 0 Å². The lowest BCUT2D eigenvalue weighted by Crippen LogP contribution is -2.14. The molecule has 0 atom stereocenters. The number of phenols is 1. The van der Waals surface area contributed by atoms with E-state index in [-0.39, 0.29) is 17.4 Å². The molecule has 0 unspecified atom stereocenters. The number of carboxylic acids is 1. The first-order valence-electron chi connectivity index (χ1n) is 7.15. The Morgan fingerprint density at radius 3 is 2.43 bits per heavy atom. The van der Waals surface area contributed by atoms with Crippen molar-refractivity contribution in [1.29, 1.82) is 0 Å². The van der Waals surface area contributed by atoms with Crippen molar-refractivity contribution in [2.45, 2.75) is 38.0 Å². The topological polar surface area (TPSA) is 88.2 Å². The second-order valence-electron chi connectivity index (χ2n) is 5.39. The molecule has 21 heavy (non-hydrogen) atoms. The average Bonchev–Trinajstić information content (AvgIpc) is 2.94. The summed E-state index contributed by atoms with van der Waals surface area (Å²) in [6.07, 6.45) is 5.33. The van der Waals surface area contributed by atoms with E-state index in [1.54, 1.807) is 28.9 Å². The Kier molecular flexibility index (Phi) is 3.60. The fraction of sp³-hybridized carbons (Fsp3) is 0.400. The standard InChI is InChI=1S/C15H17N3O3/c19-12-8-6-11(7-9-12)18-14(10-4-2-1-3-5-10)13(15(20)21)16-17-18/h6-10,19H,1-5H2,(H,20,21). The van der Waals surface area contributed by atoms with Gasteiger partial charge in [0.25, 0.3) is 0 Å². The van der Waals surface area contributed by atoms with Crippen molar-refractivity contribution in [3.8, 4) is 11.4 Å². The molecule has 2 N–H and O–H groups in total. The van der Waals surface area contributed by atoms with Gasteiger partial charge < -0.3 is 10.2 Å². The zero-order valence-corrected chi connectivity index (χ0v) is 11.6. The van der Waals surface area contributed by atoms with Crippen molar-refractivity contribution >= 4 is 5.97 Å². The summed E-state index contributed by atoms with van der Waals surface area (Å²) in [5, 5.41) is 26.6. The van der Waals surface area contributed by atoms with Gasteiger partial charge in [-0.2, -0.15) is 0 Å². The van der Waals surface area contributed by atoms with Crippen LogP contribution in [0.5, 0.6) is 5.75 Å². The molecule has 1 fully saturated rings. The van der Waals surface area contributed by atoms with Gasteiger partial charge in [0.2, 0.25) is 0 Å². The molecular formula is C15H17N3O3. The highest BCUT2D eigenvalue weighted by Gasteiger charge is 2.28. The Hall–Kier alpha value is -2.37. The molecule has 0 bridgehead atoms. The quantitative estimate of drug-likeness (QED) is 0.906. The first kappa shape index (κ1) is 13.6. The summed E-state index contributed by atoms with van der Waals surface area (Å²) < 4.78 is 1.60. The molecule has 0 saturated heterocycles. The number of aromatic nitrogens is 3. The molecule has 2 aromatic rings. The largest absolute Gasteiger partial charge is 0.508 e. The third-order valence-corrected chi connectivity index (χ3v) is 3.99. The van der Waals surface area contributed by atoms with Crippen LogP contribution in [0.1, 0.15) is 54.2 Å². The zero-order chi connectivity index (χ0) is 14.8. The SMILES string of the molecule is O=C(O)c1nnn(-c2ccc(O)cc2)c1C1CCCCC1. The van der Waals surface area contributed by atoms with Gasteiger partial charge in [-0.1, -0.05) is 24.5 Å². The molecule has 1 aliphatic rings. The number of hydrogen-bond acceptors (Lipinski definition) is 4. The normalized spacial score (nSPS) is 16.0. The predicted octanol–water partition coefficient (Wildman–Crippen LogP) is 2.72. The van der Waals surface area contributed by atoms with E-state index in [2.05, 4.69) is 10.3 Å². The summed E-state index contributed by atoms with van der Waals surface area (Å²) in [6, 6.07) is 6.54. The van der Waals surface area contributed by atoms with Crippen LogP contribution >= 0.6 is 0 Å². The lowest BCUT2D eigenvalue weighted by Gasteiger charge is -2.22. The molecule has 1 aromatic carbocycles. The van der Waals surface area contributed by atoms with Gasteiger partial charge in [0, 0.05) is 5.92 Å². The minimum absolute atomic E-state index is 0.0370. The van der Waals surface area contributed by atoms with E-state index in [4.69, 9.17) is 0 Å². The molecule has 1 heterocycles. The van der Waals surface area contributed by atoms with Crippen LogP contribution in [0, 0.1) is 0 Å². The van der Waals surface area contributed by atoms with Crippen LogP contribution in [0.4, 0.5) is 0 Å². The van der Waals surface area contributed by atoms with E-state index in [1.165, 1.54) is 6.42 Å². The number of aromatic hydroxyl groups is 1. The summed E-state index contributed by atoms with van der Waals surface area (Å²) in [5.74, 6) is -0.703. The van der Waals surface area contributed by atoms with Gasteiger partial charge in [0.05, 0.1) is 11.4 Å². The summed E-state index contributed by atoms with van der Waals surface area (Å²) >= 11 is 0. The highest BCUT2D eigenvalue weighted by molar-refractivity contribution is 5.86. The van der Waals surface area contributed by atoms with Crippen LogP contribution in [0.2, 0.25) is 0 Å². The second-order valence-corrected chi connectivity index (χ2v) is 5.39. The van der Waals surface area contributed by atoms with E-state index in [0.717, 1.165) is 25.7 Å². The summed E-state index contributed by atoms with van der Waals surface area (Å²) in [7, 11) is 0. The van der Waals surface area contributed by atoms with Crippen molar-refractivity contribution in [2.75, 3.05) is 0 Å². The number of hydrogen-bond donors (Lipinski definition) is 2. The fourth-order valence-corrected chi connectivity index (χ4v) is 2.97. The summed E-state index contributed by atoms with van der Waals surface area (Å²) in [5.41, 5.74) is 1.43. The van der Waals surface area contributed by atoms with Crippen molar-refractivity contribution in [3.63, 3.8) is 0 Å². The number of phenolic OH excluding ortho intramolecular Hbond substituents is 1. The van der Waals surface area contributed by atoms with Crippen LogP contribution in [-0.2, 0) is 0 Å². The van der Waals surface area contributed by atoms with Gasteiger partial charge >= 0.3 is 5.97 Å². The van der Waals surface area contributed by atoms with E-state index in [0.29, 0.717) is 11.4 Å². The second kappa shape index (κ2) is 5.55. The number of rotatable bonds is 3. The first-order chi connectivity index (χ1) is 10.2. The Bertz CT molecular complexity index is 643. The molecule has 1 saturated carbocycles. The Morgan fingerprint density at radius 1 is 1.14 bits per heavy atom. The lowest BCUT2D eigenvalue weighted by atomic mass is 9.86. The maximum atomic E-state index is 11.4. The number of benzene rings is 1. The third kappa shape index (κ3) is 2.61. The van der Waals surface area contributed by atoms with Crippen molar-refractivity contribution < 1.29 is 15.0 Å². The molecule has 110 valence electrons. The summed E-state index contributed by atoms with van der Waals surface area (Å²) in [6.45, 7) is 0. The molecule has 0 radical (unpaired) electrons. The Balaban J connectivity index is 2.07. The molecule has 6 heteroatoms. The van der Waals surface area contributed by atoms with Gasteiger partial charge in [-0.3, -0.25) is 0 Å². The van der Waals surface area contributed by atoms with E-state index >= 15 is 0 Å². The van der Waals surface area contributed by atoms with Gasteiger partial charge in [-0.25, -0.2) is 9.48 Å². The van der Waals surface area contributed by atoms with Gasteiger partial charge in [-0.15, -0.1) is 5.10 Å². The maximum Gasteiger partial charge on any atom is 0.358 e. The molecule has 0 aliphatic heterocycles. The van der Waals surface area contributed by atoms with Gasteiger partial charge in [-0.05, 0) is 37.1 Å². The predicted molar refractivity (Wildman–Crippen MR) is 75.8 cm³/mol. The van der Waals surface area contributed by atoms with Crippen LogP contribution in [0.3, 0.4) is 0 Å². The highest BCUT2D eigenvalue weighted by atomic mass is 16.4. The fourth-order valence-electron chi connectivity index (χ4n) is 2.97. The number of nitrogens with zero attached hydrogens (tertiary/aromatic N) is 3. The highest BCUT2D eigenvalue weighted by Crippen LogP contribution is 2.35. The lowest BCUT2D eigenvalue weighted by molar-refractivity contribution is 0.0688. The molecule has 0 amide bonds. The smallest absolute Gasteiger partial charge is 0.358 e. The van der Waals surface area contributed by atoms with E-state index in [1.807, 2.05) is 0 Å². The number of carbonyl (C=O) groups is 1. The minimum atomic E-state index is -1.04. The van der Waals surface area contributed by atoms with Gasteiger partial charge in [0.15, 0.2) is 5.69 Å². The van der Waals surface area contributed by atoms with Crippen molar-refractivity contribution in [2.24, 2.45) is 0 Å². The maximum absolute atomic E-state index is 11.4. The minimum Gasteiger partial charge on any atom is -0.508 e. The summed E-state index contributed by atoms with van der Waals surface area (Å²) in [4.78, 5) is 11.4. The number of aromatic carboxylic acids is 1. The van der Waals surface area contributed by atoms with Crippen molar-refractivity contribution in [1.82, 2.24) is 15.0 Å². The Morgan fingerprint density at radius 2 is 1.81 bits per heavy atom. The zero-order valence-electron chi connectivity index (χ0n) is 11.6. The first-order valence-corrected chi connectivity index (χ1v) is 7.15. The van der Waals surface area contributed by atoms with E-state index < -0.39 is 5.97 Å².